The molecule has 1 aromatic rings. The van der Waals surface area contributed by atoms with Gasteiger partial charge in [-0.3, -0.25) is 0 Å². The van der Waals surface area contributed by atoms with Crippen molar-refractivity contribution in [3.63, 3.8) is 0 Å². The van der Waals surface area contributed by atoms with Crippen LogP contribution in [0.1, 0.15) is 5.76 Å². The smallest absolute Gasteiger partial charge is 0.104 e. The SMILES string of the molecule is C(OCC1CO1)C1CO1.Cc1ccco1. The fourth-order valence-electron chi connectivity index (χ4n) is 1.02. The molecule has 3 rings (SSSR count). The summed E-state index contributed by atoms with van der Waals surface area (Å²) in [7, 11) is 0. The normalized spacial score (nSPS) is 26.7. The third-order valence-corrected chi connectivity index (χ3v) is 2.08. The molecule has 15 heavy (non-hydrogen) atoms. The Morgan fingerprint density at radius 2 is 1.87 bits per heavy atom. The Kier molecular flexibility index (Phi) is 3.77. The number of aryl methyl sites for hydroxylation is 1. The summed E-state index contributed by atoms with van der Waals surface area (Å²) in [6, 6.07) is 3.79. The predicted octanol–water partition coefficient (Wildman–Crippen LogP) is 1.39. The van der Waals surface area contributed by atoms with E-state index in [9.17, 15) is 0 Å². The summed E-state index contributed by atoms with van der Waals surface area (Å²) in [6.45, 7) is 5.18. The minimum atomic E-state index is 0.392. The Bertz CT molecular complexity index is 250. The van der Waals surface area contributed by atoms with Gasteiger partial charge in [-0.05, 0) is 19.1 Å². The quantitative estimate of drug-likeness (QED) is 0.707. The van der Waals surface area contributed by atoms with E-state index >= 15 is 0 Å². The van der Waals surface area contributed by atoms with Gasteiger partial charge >= 0.3 is 0 Å². The van der Waals surface area contributed by atoms with Gasteiger partial charge in [-0.25, -0.2) is 0 Å². The Hall–Kier alpha value is -0.840. The number of furan rings is 1. The molecule has 4 nitrogen and oxygen atoms in total. The van der Waals surface area contributed by atoms with Gasteiger partial charge in [0.05, 0.1) is 32.7 Å². The molecule has 1 aromatic heterocycles. The lowest BCUT2D eigenvalue weighted by molar-refractivity contribution is 0.102. The molecular weight excluding hydrogens is 196 g/mol. The lowest BCUT2D eigenvalue weighted by atomic mass is 10.5. The van der Waals surface area contributed by atoms with Crippen molar-refractivity contribution in [1.82, 2.24) is 0 Å². The second-order valence-electron chi connectivity index (χ2n) is 3.67. The molecule has 2 fully saturated rings. The fraction of sp³-hybridized carbons (Fsp3) is 0.636. The summed E-state index contributed by atoms with van der Waals surface area (Å²) >= 11 is 0. The van der Waals surface area contributed by atoms with Crippen LogP contribution in [0.2, 0.25) is 0 Å². The fourth-order valence-corrected chi connectivity index (χ4v) is 1.02. The molecule has 0 aliphatic carbocycles. The van der Waals surface area contributed by atoms with E-state index in [4.69, 9.17) is 18.6 Å². The second-order valence-corrected chi connectivity index (χ2v) is 3.67. The first-order valence-electron chi connectivity index (χ1n) is 5.15. The molecule has 0 radical (unpaired) electrons. The van der Waals surface area contributed by atoms with E-state index in [2.05, 4.69) is 0 Å². The highest BCUT2D eigenvalue weighted by molar-refractivity contribution is 4.93. The Morgan fingerprint density at radius 3 is 2.13 bits per heavy atom. The van der Waals surface area contributed by atoms with Gasteiger partial charge in [-0.15, -0.1) is 0 Å². The molecule has 0 spiro atoms. The lowest BCUT2D eigenvalue weighted by Gasteiger charge is -1.95. The molecule has 4 heteroatoms. The third kappa shape index (κ3) is 4.97. The van der Waals surface area contributed by atoms with Crippen LogP contribution in [0.15, 0.2) is 22.8 Å². The van der Waals surface area contributed by atoms with E-state index < -0.39 is 0 Å². The number of hydrogen-bond donors (Lipinski definition) is 0. The van der Waals surface area contributed by atoms with Crippen molar-refractivity contribution in [3.8, 4) is 0 Å². The first-order chi connectivity index (χ1) is 7.34. The molecule has 0 aromatic carbocycles. The van der Waals surface area contributed by atoms with Crippen molar-refractivity contribution in [2.45, 2.75) is 19.1 Å². The second kappa shape index (κ2) is 5.30. The van der Waals surface area contributed by atoms with Gasteiger partial charge in [0.15, 0.2) is 0 Å². The zero-order chi connectivity index (χ0) is 10.5. The summed E-state index contributed by atoms with van der Waals surface area (Å²) < 4.78 is 20.0. The van der Waals surface area contributed by atoms with E-state index in [0.717, 1.165) is 32.2 Å². The topological polar surface area (TPSA) is 47.4 Å². The standard InChI is InChI=1S/C6H10O3.C5H6O/c1(5-3-8-5)7-2-6-4-9-6;1-5-3-2-4-6-5/h5-6H,1-4H2;2-4H,1H3. The number of hydrogen-bond acceptors (Lipinski definition) is 4. The minimum absolute atomic E-state index is 0.392. The molecule has 84 valence electrons. The van der Waals surface area contributed by atoms with E-state index in [1.165, 1.54) is 0 Å². The van der Waals surface area contributed by atoms with Crippen molar-refractivity contribution in [2.75, 3.05) is 26.4 Å². The van der Waals surface area contributed by atoms with Crippen LogP contribution in [0.4, 0.5) is 0 Å². The average molecular weight is 212 g/mol. The van der Waals surface area contributed by atoms with Crippen molar-refractivity contribution in [1.29, 1.82) is 0 Å². The van der Waals surface area contributed by atoms with Crippen molar-refractivity contribution in [2.24, 2.45) is 0 Å². The Morgan fingerprint density at radius 1 is 1.27 bits per heavy atom. The van der Waals surface area contributed by atoms with Crippen molar-refractivity contribution < 1.29 is 18.6 Å². The van der Waals surface area contributed by atoms with E-state index in [1.54, 1.807) is 6.26 Å². The maximum absolute atomic E-state index is 5.23. The van der Waals surface area contributed by atoms with Gasteiger partial charge in [0.1, 0.15) is 18.0 Å². The van der Waals surface area contributed by atoms with Crippen LogP contribution in [-0.2, 0) is 14.2 Å². The highest BCUT2D eigenvalue weighted by atomic mass is 16.6. The van der Waals surface area contributed by atoms with Crippen LogP contribution in [-0.4, -0.2) is 38.6 Å². The van der Waals surface area contributed by atoms with Crippen LogP contribution in [0.5, 0.6) is 0 Å². The maximum Gasteiger partial charge on any atom is 0.104 e. The van der Waals surface area contributed by atoms with Gasteiger partial charge < -0.3 is 18.6 Å². The van der Waals surface area contributed by atoms with Gasteiger partial charge in [0.25, 0.3) is 0 Å². The van der Waals surface area contributed by atoms with E-state index in [0.29, 0.717) is 12.2 Å². The highest BCUT2D eigenvalue weighted by Gasteiger charge is 2.26. The molecule has 0 saturated carbocycles. The first kappa shape index (κ1) is 10.7. The monoisotopic (exact) mass is 212 g/mol. The first-order valence-corrected chi connectivity index (χ1v) is 5.15. The molecular formula is C11H16O4. The molecule has 2 unspecified atom stereocenters. The summed E-state index contributed by atoms with van der Waals surface area (Å²) in [6.07, 6.45) is 2.45. The van der Waals surface area contributed by atoms with Crippen molar-refractivity contribution in [3.05, 3.63) is 24.2 Å². The lowest BCUT2D eigenvalue weighted by Crippen LogP contribution is -2.06. The van der Waals surface area contributed by atoms with E-state index in [-0.39, 0.29) is 0 Å². The van der Waals surface area contributed by atoms with Gasteiger partial charge in [-0.1, -0.05) is 0 Å². The summed E-state index contributed by atoms with van der Waals surface area (Å²) in [5, 5.41) is 0. The zero-order valence-electron chi connectivity index (χ0n) is 8.85. The molecule has 2 saturated heterocycles. The van der Waals surface area contributed by atoms with Crippen LogP contribution < -0.4 is 0 Å². The number of ether oxygens (including phenoxy) is 3. The zero-order valence-corrected chi connectivity index (χ0v) is 8.85. The van der Waals surface area contributed by atoms with Crippen molar-refractivity contribution >= 4 is 0 Å². The van der Waals surface area contributed by atoms with Crippen LogP contribution in [0.25, 0.3) is 0 Å². The molecule has 3 heterocycles. The molecule has 0 N–H and O–H groups in total. The number of epoxide rings is 2. The van der Waals surface area contributed by atoms with Gasteiger partial charge in [0, 0.05) is 0 Å². The summed E-state index contributed by atoms with van der Waals surface area (Å²) in [4.78, 5) is 0. The highest BCUT2D eigenvalue weighted by Crippen LogP contribution is 2.12. The maximum atomic E-state index is 5.23. The molecule has 2 aliphatic heterocycles. The average Bonchev–Trinajstić information content (AvgIpc) is 3.13. The predicted molar refractivity (Wildman–Crippen MR) is 53.7 cm³/mol. The molecule has 2 aliphatic rings. The van der Waals surface area contributed by atoms with Crippen LogP contribution in [0.3, 0.4) is 0 Å². The molecule has 0 bridgehead atoms. The molecule has 2 atom stereocenters. The number of rotatable bonds is 4. The Labute approximate surface area is 89.1 Å². The third-order valence-electron chi connectivity index (χ3n) is 2.08. The summed E-state index contributed by atoms with van der Waals surface area (Å²) in [5.41, 5.74) is 0. The van der Waals surface area contributed by atoms with Gasteiger partial charge in [-0.2, -0.15) is 0 Å². The minimum Gasteiger partial charge on any atom is -0.470 e. The summed E-state index contributed by atoms with van der Waals surface area (Å²) in [5.74, 6) is 0.968. The van der Waals surface area contributed by atoms with Gasteiger partial charge in [0.2, 0.25) is 0 Å². The van der Waals surface area contributed by atoms with Crippen LogP contribution >= 0.6 is 0 Å². The largest absolute Gasteiger partial charge is 0.470 e. The van der Waals surface area contributed by atoms with E-state index in [1.807, 2.05) is 19.1 Å². The van der Waals surface area contributed by atoms with Crippen LogP contribution in [0, 0.1) is 6.92 Å². The Balaban J connectivity index is 0.000000124. The molecule has 0 amide bonds.